The van der Waals surface area contributed by atoms with Crippen LogP contribution < -0.4 is 4.74 Å². The number of carbonyl (C=O) groups excluding carboxylic acids is 1. The van der Waals surface area contributed by atoms with E-state index in [-0.39, 0.29) is 12.8 Å². The first-order valence-corrected chi connectivity index (χ1v) is 5.94. The minimum atomic E-state index is -2.82. The molecule has 3 nitrogen and oxygen atoms in total. The highest BCUT2D eigenvalue weighted by Gasteiger charge is 2.37. The van der Waals surface area contributed by atoms with E-state index in [1.807, 2.05) is 0 Å². The van der Waals surface area contributed by atoms with Crippen molar-refractivity contribution < 1.29 is 18.3 Å². The van der Waals surface area contributed by atoms with E-state index < -0.39 is 18.6 Å². The van der Waals surface area contributed by atoms with Crippen molar-refractivity contribution in [2.45, 2.75) is 18.8 Å². The number of amides is 1. The van der Waals surface area contributed by atoms with E-state index in [1.165, 1.54) is 12.1 Å². The Balaban J connectivity index is 1.97. The van der Waals surface area contributed by atoms with E-state index in [2.05, 4.69) is 0 Å². The fourth-order valence-corrected chi connectivity index (χ4v) is 1.92. The highest BCUT2D eigenvalue weighted by Crippen LogP contribution is 2.27. The first kappa shape index (κ1) is 13.1. The quantitative estimate of drug-likeness (QED) is 0.784. The largest absolute Gasteiger partial charge is 0.415 e. The molecule has 18 heavy (non-hydrogen) atoms. The predicted molar refractivity (Wildman–Crippen MR) is 63.2 cm³/mol. The number of benzene rings is 1. The summed E-state index contributed by atoms with van der Waals surface area (Å²) in [6.45, 7) is -0.290. The molecule has 6 heteroatoms. The van der Waals surface area contributed by atoms with Crippen molar-refractivity contribution in [1.82, 2.24) is 4.90 Å². The van der Waals surface area contributed by atoms with Gasteiger partial charge in [-0.25, -0.2) is 13.6 Å². The van der Waals surface area contributed by atoms with E-state index in [0.29, 0.717) is 17.3 Å². The van der Waals surface area contributed by atoms with Crippen molar-refractivity contribution in [3.05, 3.63) is 29.3 Å². The highest BCUT2D eigenvalue weighted by molar-refractivity contribution is 6.30. The van der Waals surface area contributed by atoms with Crippen molar-refractivity contribution in [3.8, 4) is 5.75 Å². The summed E-state index contributed by atoms with van der Waals surface area (Å²) in [5.41, 5.74) is 0. The zero-order chi connectivity index (χ0) is 13.2. The van der Waals surface area contributed by atoms with Crippen LogP contribution in [0.2, 0.25) is 5.02 Å². The lowest BCUT2D eigenvalue weighted by atomic mass is 10.1. The molecular formula is C12H12ClF2NO2. The van der Waals surface area contributed by atoms with E-state index in [1.54, 1.807) is 12.1 Å². The number of piperidine rings is 1. The van der Waals surface area contributed by atoms with E-state index in [0.717, 1.165) is 4.90 Å². The van der Waals surface area contributed by atoms with Crippen LogP contribution in [0.5, 0.6) is 5.75 Å². The number of hydrogen-bond donors (Lipinski definition) is 0. The third-order valence-electron chi connectivity index (χ3n) is 2.67. The smallest absolute Gasteiger partial charge is 0.410 e. The fourth-order valence-electron chi connectivity index (χ4n) is 1.79. The van der Waals surface area contributed by atoms with Gasteiger partial charge in [-0.1, -0.05) is 11.6 Å². The van der Waals surface area contributed by atoms with Gasteiger partial charge in [0.25, 0.3) is 5.92 Å². The molecule has 0 N–H and O–H groups in total. The van der Waals surface area contributed by atoms with Gasteiger partial charge < -0.3 is 9.64 Å². The highest BCUT2D eigenvalue weighted by atomic mass is 35.5. The van der Waals surface area contributed by atoms with Crippen LogP contribution in [0.1, 0.15) is 12.8 Å². The van der Waals surface area contributed by atoms with Crippen LogP contribution in [0.4, 0.5) is 13.6 Å². The van der Waals surface area contributed by atoms with Crippen molar-refractivity contribution in [2.75, 3.05) is 13.1 Å². The van der Waals surface area contributed by atoms with E-state index in [9.17, 15) is 13.6 Å². The Morgan fingerprint density at radius 1 is 1.33 bits per heavy atom. The van der Waals surface area contributed by atoms with Gasteiger partial charge in [0.15, 0.2) is 0 Å². The molecular weight excluding hydrogens is 264 g/mol. The molecule has 1 saturated heterocycles. The number of halogens is 3. The van der Waals surface area contributed by atoms with Crippen LogP contribution in [-0.2, 0) is 0 Å². The zero-order valence-corrected chi connectivity index (χ0v) is 10.3. The Hall–Kier alpha value is -1.36. The maximum atomic E-state index is 13.1. The number of nitrogens with zero attached hydrogens (tertiary/aromatic N) is 1. The molecule has 98 valence electrons. The Morgan fingerprint density at radius 3 is 2.61 bits per heavy atom. The van der Waals surface area contributed by atoms with Crippen LogP contribution in [0.3, 0.4) is 0 Å². The van der Waals surface area contributed by atoms with Gasteiger partial charge in [0.1, 0.15) is 5.75 Å². The topological polar surface area (TPSA) is 29.5 Å². The number of alkyl halides is 2. The number of rotatable bonds is 1. The first-order chi connectivity index (χ1) is 8.46. The Bertz CT molecular complexity index is 436. The average Bonchev–Trinajstić information content (AvgIpc) is 2.31. The molecule has 0 radical (unpaired) electrons. The van der Waals surface area contributed by atoms with Gasteiger partial charge in [0.2, 0.25) is 0 Å². The van der Waals surface area contributed by atoms with Crippen LogP contribution >= 0.6 is 11.6 Å². The summed E-state index contributed by atoms with van der Waals surface area (Å²) in [6, 6.07) is 6.16. The monoisotopic (exact) mass is 275 g/mol. The molecule has 1 fully saturated rings. The lowest BCUT2D eigenvalue weighted by Crippen LogP contribution is -2.46. The van der Waals surface area contributed by atoms with Gasteiger partial charge in [-0.05, 0) is 30.7 Å². The van der Waals surface area contributed by atoms with Crippen LogP contribution in [0.25, 0.3) is 0 Å². The molecule has 1 aromatic rings. The maximum Gasteiger partial charge on any atom is 0.415 e. The van der Waals surface area contributed by atoms with Gasteiger partial charge >= 0.3 is 6.09 Å². The molecule has 1 aliphatic rings. The van der Waals surface area contributed by atoms with E-state index in [4.69, 9.17) is 16.3 Å². The molecule has 2 rings (SSSR count). The van der Waals surface area contributed by atoms with Crippen LogP contribution in [0, 0.1) is 0 Å². The summed E-state index contributed by atoms with van der Waals surface area (Å²) in [7, 11) is 0. The summed E-state index contributed by atoms with van der Waals surface area (Å²) >= 11 is 5.68. The summed E-state index contributed by atoms with van der Waals surface area (Å²) in [5, 5.41) is 0.513. The lowest BCUT2D eigenvalue weighted by Gasteiger charge is -2.31. The predicted octanol–water partition coefficient (Wildman–Crippen LogP) is 3.57. The van der Waals surface area contributed by atoms with Crippen molar-refractivity contribution in [3.63, 3.8) is 0 Å². The molecule has 0 aliphatic carbocycles. The summed E-state index contributed by atoms with van der Waals surface area (Å²) < 4.78 is 31.3. The molecule has 1 heterocycles. The third-order valence-corrected chi connectivity index (χ3v) is 2.92. The molecule has 0 atom stereocenters. The van der Waals surface area contributed by atoms with Gasteiger partial charge in [-0.3, -0.25) is 0 Å². The SMILES string of the molecule is O=C(Oc1ccc(Cl)cc1)N1CCCC(F)(F)C1. The number of ether oxygens (including phenoxy) is 1. The molecule has 0 saturated carbocycles. The average molecular weight is 276 g/mol. The minimum Gasteiger partial charge on any atom is -0.410 e. The van der Waals surface area contributed by atoms with Gasteiger partial charge in [-0.2, -0.15) is 0 Å². The van der Waals surface area contributed by atoms with Crippen LogP contribution in [-0.4, -0.2) is 30.0 Å². The second-order valence-electron chi connectivity index (χ2n) is 4.20. The zero-order valence-electron chi connectivity index (χ0n) is 9.54. The van der Waals surface area contributed by atoms with E-state index >= 15 is 0 Å². The van der Waals surface area contributed by atoms with Crippen molar-refractivity contribution >= 4 is 17.7 Å². The molecule has 0 spiro atoms. The fraction of sp³-hybridized carbons (Fsp3) is 0.417. The van der Waals surface area contributed by atoms with Gasteiger partial charge in [0, 0.05) is 18.0 Å². The molecule has 0 bridgehead atoms. The maximum absolute atomic E-state index is 13.1. The standard InChI is InChI=1S/C12H12ClF2NO2/c13-9-2-4-10(5-3-9)18-11(17)16-7-1-6-12(14,15)8-16/h2-5H,1,6-8H2. The van der Waals surface area contributed by atoms with Crippen LogP contribution in [0.15, 0.2) is 24.3 Å². The van der Waals surface area contributed by atoms with Crippen molar-refractivity contribution in [1.29, 1.82) is 0 Å². The summed E-state index contributed by atoms with van der Waals surface area (Å²) in [6.07, 6.45) is -0.655. The third kappa shape index (κ3) is 3.32. The Kier molecular flexibility index (Phi) is 3.71. The number of carbonyl (C=O) groups is 1. The molecule has 0 unspecified atom stereocenters. The molecule has 0 aromatic heterocycles. The number of likely N-dealkylation sites (tertiary alicyclic amines) is 1. The second-order valence-corrected chi connectivity index (χ2v) is 4.64. The van der Waals surface area contributed by atoms with Gasteiger partial charge in [-0.15, -0.1) is 0 Å². The molecule has 1 amide bonds. The van der Waals surface area contributed by atoms with Crippen molar-refractivity contribution in [2.24, 2.45) is 0 Å². The Labute approximate surface area is 108 Å². The summed E-state index contributed by atoms with van der Waals surface area (Å²) in [4.78, 5) is 12.7. The molecule has 1 aromatic carbocycles. The summed E-state index contributed by atoms with van der Waals surface area (Å²) in [5.74, 6) is -2.53. The second kappa shape index (κ2) is 5.10. The Morgan fingerprint density at radius 2 is 2.00 bits per heavy atom. The lowest BCUT2D eigenvalue weighted by molar-refractivity contribution is -0.0565. The normalized spacial score (nSPS) is 18.5. The molecule has 1 aliphatic heterocycles. The van der Waals surface area contributed by atoms with Gasteiger partial charge in [0.05, 0.1) is 6.54 Å². The number of hydrogen-bond acceptors (Lipinski definition) is 2. The first-order valence-electron chi connectivity index (χ1n) is 5.56. The minimum absolute atomic E-state index is 0.183.